The van der Waals surface area contributed by atoms with E-state index >= 15 is 0 Å². The first kappa shape index (κ1) is 13.4. The Labute approximate surface area is 105 Å². The molecule has 1 nitrogen and oxygen atoms in total. The number of hydrogen-bond donors (Lipinski definition) is 0. The minimum absolute atomic E-state index is 0.965. The Morgan fingerprint density at radius 2 is 1.94 bits per heavy atom. The third-order valence-corrected chi connectivity index (χ3v) is 3.03. The maximum absolute atomic E-state index is 4.45. The first-order chi connectivity index (χ1) is 8.10. The van der Waals surface area contributed by atoms with E-state index in [4.69, 9.17) is 0 Å². The van der Waals surface area contributed by atoms with Crippen LogP contribution < -0.4 is 0 Å². The molecule has 0 aliphatic rings. The van der Waals surface area contributed by atoms with Gasteiger partial charge in [-0.15, -0.1) is 0 Å². The second kappa shape index (κ2) is 6.19. The summed E-state index contributed by atoms with van der Waals surface area (Å²) < 4.78 is 0. The molecule has 0 saturated carbocycles. The molecule has 0 radical (unpaired) electrons. The Bertz CT molecular complexity index is 471. The molecule has 1 aromatic heterocycles. The molecular weight excluding hydrogens is 206 g/mol. The summed E-state index contributed by atoms with van der Waals surface area (Å²) in [6, 6.07) is 6.19. The van der Waals surface area contributed by atoms with E-state index < -0.39 is 0 Å². The molecule has 0 fully saturated rings. The zero-order chi connectivity index (χ0) is 12.8. The van der Waals surface area contributed by atoms with E-state index in [0.717, 1.165) is 12.1 Å². The highest BCUT2D eigenvalue weighted by atomic mass is 14.6. The fraction of sp³-hybridized carbons (Fsp3) is 0.312. The smallest absolute Gasteiger partial charge is 0.0372 e. The van der Waals surface area contributed by atoms with Crippen LogP contribution in [-0.2, 0) is 6.42 Å². The standard InChI is InChI=1S/C16H21N/c1-6-15-11-17-13(4)10-8-9-12(3)14(5)16(15)7-2/h7-11H,2,6H2,1,3-5H3. The van der Waals surface area contributed by atoms with Crippen LogP contribution in [0.4, 0.5) is 0 Å². The molecule has 0 N–H and O–H groups in total. The minimum atomic E-state index is 0.965. The molecule has 0 amide bonds. The van der Waals surface area contributed by atoms with E-state index in [0.29, 0.717) is 0 Å². The molecule has 0 atom stereocenters. The quantitative estimate of drug-likeness (QED) is 0.732. The largest absolute Gasteiger partial charge is 0.261 e. The van der Waals surface area contributed by atoms with Gasteiger partial charge in [0.1, 0.15) is 0 Å². The first-order valence-electron chi connectivity index (χ1n) is 6.02. The second-order valence-electron chi connectivity index (χ2n) is 4.23. The Hall–Kier alpha value is -1.63. The van der Waals surface area contributed by atoms with Crippen LogP contribution >= 0.6 is 0 Å². The number of nitrogens with zero attached hydrogens (tertiary/aromatic N) is 1. The van der Waals surface area contributed by atoms with Crippen molar-refractivity contribution in [3.63, 3.8) is 0 Å². The molecule has 0 bridgehead atoms. The highest BCUT2D eigenvalue weighted by molar-refractivity contribution is 5.56. The van der Waals surface area contributed by atoms with E-state index in [1.54, 1.807) is 0 Å². The van der Waals surface area contributed by atoms with E-state index in [9.17, 15) is 0 Å². The number of aryl methyl sites for hydroxylation is 3. The van der Waals surface area contributed by atoms with Crippen molar-refractivity contribution in [1.29, 1.82) is 0 Å². The van der Waals surface area contributed by atoms with E-state index in [1.165, 1.54) is 22.3 Å². The maximum atomic E-state index is 4.45. The van der Waals surface area contributed by atoms with Gasteiger partial charge < -0.3 is 0 Å². The van der Waals surface area contributed by atoms with Crippen molar-refractivity contribution < 1.29 is 0 Å². The molecule has 0 aliphatic heterocycles. The molecule has 1 heterocycles. The van der Waals surface area contributed by atoms with Gasteiger partial charge >= 0.3 is 0 Å². The first-order valence-corrected chi connectivity index (χ1v) is 6.02. The third kappa shape index (κ3) is 3.42. The van der Waals surface area contributed by atoms with Crippen LogP contribution in [0, 0.1) is 20.8 Å². The molecule has 0 saturated heterocycles. The van der Waals surface area contributed by atoms with Crippen LogP contribution in [0.3, 0.4) is 0 Å². The summed E-state index contributed by atoms with van der Waals surface area (Å²) in [4.78, 5) is 4.45. The van der Waals surface area contributed by atoms with Gasteiger partial charge in [-0.1, -0.05) is 31.7 Å². The van der Waals surface area contributed by atoms with Crippen molar-refractivity contribution >= 4 is 6.08 Å². The highest BCUT2D eigenvalue weighted by Crippen LogP contribution is 2.16. The van der Waals surface area contributed by atoms with Crippen LogP contribution in [0.2, 0.25) is 0 Å². The predicted octanol–water partition coefficient (Wildman–Crippen LogP) is 4.34. The zero-order valence-corrected chi connectivity index (χ0v) is 11.2. The van der Waals surface area contributed by atoms with Gasteiger partial charge in [-0.3, -0.25) is 4.98 Å². The Balaban J connectivity index is 3.72. The second-order valence-corrected chi connectivity index (χ2v) is 4.23. The number of hydrogen-bond acceptors (Lipinski definition) is 1. The maximum Gasteiger partial charge on any atom is 0.0372 e. The van der Waals surface area contributed by atoms with Crippen LogP contribution in [0.25, 0.3) is 6.08 Å². The minimum Gasteiger partial charge on any atom is -0.261 e. The van der Waals surface area contributed by atoms with Gasteiger partial charge in [-0.25, -0.2) is 0 Å². The van der Waals surface area contributed by atoms with Crippen molar-refractivity contribution in [2.45, 2.75) is 34.1 Å². The van der Waals surface area contributed by atoms with Crippen LogP contribution in [-0.4, -0.2) is 4.98 Å². The topological polar surface area (TPSA) is 12.9 Å². The van der Waals surface area contributed by atoms with E-state index in [-0.39, 0.29) is 0 Å². The van der Waals surface area contributed by atoms with Gasteiger partial charge in [0, 0.05) is 11.9 Å². The summed E-state index contributed by atoms with van der Waals surface area (Å²) in [5.41, 5.74) is 5.99. The fourth-order valence-corrected chi connectivity index (χ4v) is 1.77. The van der Waals surface area contributed by atoms with Crippen molar-refractivity contribution in [3.8, 4) is 0 Å². The Morgan fingerprint density at radius 3 is 2.53 bits per heavy atom. The lowest BCUT2D eigenvalue weighted by molar-refractivity contribution is 1.08. The van der Waals surface area contributed by atoms with Crippen LogP contribution in [0.1, 0.15) is 34.9 Å². The van der Waals surface area contributed by atoms with Gasteiger partial charge in [0.2, 0.25) is 0 Å². The summed E-state index contributed by atoms with van der Waals surface area (Å²) in [5.74, 6) is 0. The fourth-order valence-electron chi connectivity index (χ4n) is 1.77. The molecule has 1 rings (SSSR count). The summed E-state index contributed by atoms with van der Waals surface area (Å²) in [7, 11) is 0. The van der Waals surface area contributed by atoms with E-state index in [1.807, 2.05) is 31.3 Å². The monoisotopic (exact) mass is 227 g/mol. The number of rotatable bonds is 2. The van der Waals surface area contributed by atoms with Gasteiger partial charge in [-0.2, -0.15) is 0 Å². The normalized spacial score (nSPS) is 9.65. The lowest BCUT2D eigenvalue weighted by Gasteiger charge is -2.05. The molecule has 90 valence electrons. The summed E-state index contributed by atoms with van der Waals surface area (Å²) >= 11 is 0. The van der Waals surface area contributed by atoms with Crippen molar-refractivity contribution in [2.24, 2.45) is 0 Å². The van der Waals surface area contributed by atoms with Gasteiger partial charge in [0.15, 0.2) is 0 Å². The molecule has 0 aliphatic carbocycles. The molecule has 1 heteroatoms. The molecular formula is C16H21N. The van der Waals surface area contributed by atoms with E-state index in [2.05, 4.69) is 38.4 Å². The summed E-state index contributed by atoms with van der Waals surface area (Å²) in [5, 5.41) is 0. The molecule has 17 heavy (non-hydrogen) atoms. The average molecular weight is 227 g/mol. The highest BCUT2D eigenvalue weighted by Gasteiger charge is 2.00. The third-order valence-electron chi connectivity index (χ3n) is 3.03. The molecule has 0 aromatic carbocycles. The average Bonchev–Trinajstić information content (AvgIpc) is 2.32. The van der Waals surface area contributed by atoms with Crippen molar-refractivity contribution in [2.75, 3.05) is 0 Å². The van der Waals surface area contributed by atoms with Crippen LogP contribution in [0.5, 0.6) is 0 Å². The molecule has 0 unspecified atom stereocenters. The van der Waals surface area contributed by atoms with Crippen molar-refractivity contribution in [1.82, 2.24) is 4.98 Å². The van der Waals surface area contributed by atoms with Gasteiger partial charge in [0.25, 0.3) is 0 Å². The zero-order valence-electron chi connectivity index (χ0n) is 11.2. The lowest BCUT2D eigenvalue weighted by Crippen LogP contribution is -1.91. The SMILES string of the molecule is C=Cc1c(CC)cnc(C)cccc(C)c1C. The lowest BCUT2D eigenvalue weighted by atomic mass is 10.0. The number of aromatic nitrogens is 1. The Kier molecular flexibility index (Phi) is 4.89. The summed E-state index contributed by atoms with van der Waals surface area (Å²) in [6.45, 7) is 12.3. The van der Waals surface area contributed by atoms with Gasteiger partial charge in [-0.05, 0) is 55.5 Å². The van der Waals surface area contributed by atoms with Gasteiger partial charge in [0.05, 0.1) is 0 Å². The predicted molar refractivity (Wildman–Crippen MR) is 75.5 cm³/mol. The Morgan fingerprint density at radius 1 is 1.24 bits per heavy atom. The van der Waals surface area contributed by atoms with Crippen molar-refractivity contribution in [3.05, 3.63) is 58.9 Å². The van der Waals surface area contributed by atoms with Crippen LogP contribution in [0.15, 0.2) is 31.0 Å². The summed E-state index contributed by atoms with van der Waals surface area (Å²) in [6.07, 6.45) is 4.85. The molecule has 1 aromatic rings. The molecule has 0 spiro atoms.